The van der Waals surface area contributed by atoms with Crippen LogP contribution in [0, 0.1) is 5.82 Å². The first-order chi connectivity index (χ1) is 13.7. The summed E-state index contributed by atoms with van der Waals surface area (Å²) in [5.74, 6) is -0.708. The molecule has 1 aromatic heterocycles. The fourth-order valence-corrected chi connectivity index (χ4v) is 2.72. The molecule has 1 heterocycles. The van der Waals surface area contributed by atoms with E-state index in [2.05, 4.69) is 15.6 Å². The maximum atomic E-state index is 13.1. The molecular weight excluding hydrogens is 386 g/mol. The third-order valence-electron chi connectivity index (χ3n) is 4.22. The Labute approximate surface area is 164 Å². The van der Waals surface area contributed by atoms with E-state index >= 15 is 0 Å². The largest absolute Gasteiger partial charge is 0.416 e. The van der Waals surface area contributed by atoms with E-state index < -0.39 is 17.6 Å². The zero-order chi connectivity index (χ0) is 21.0. The van der Waals surface area contributed by atoms with Crippen LogP contribution >= 0.6 is 0 Å². The minimum Gasteiger partial charge on any atom is -0.363 e. The lowest BCUT2D eigenvalue weighted by molar-refractivity contribution is -0.137. The number of pyridine rings is 1. The molecule has 0 aliphatic rings. The maximum absolute atomic E-state index is 13.1. The van der Waals surface area contributed by atoms with Gasteiger partial charge in [-0.1, -0.05) is 18.2 Å². The van der Waals surface area contributed by atoms with Gasteiger partial charge in [0.15, 0.2) is 0 Å². The molecule has 29 heavy (non-hydrogen) atoms. The number of halogens is 4. The Morgan fingerprint density at radius 3 is 2.45 bits per heavy atom. The van der Waals surface area contributed by atoms with Crippen molar-refractivity contribution in [2.24, 2.45) is 0 Å². The van der Waals surface area contributed by atoms with Crippen LogP contribution in [0.4, 0.5) is 29.1 Å². The van der Waals surface area contributed by atoms with Gasteiger partial charge in [0.2, 0.25) is 0 Å². The number of hydrogen-bond acceptors (Lipinski definition) is 3. The van der Waals surface area contributed by atoms with Gasteiger partial charge in [-0.25, -0.2) is 9.37 Å². The number of hydrogen-bond donors (Lipinski definition) is 2. The van der Waals surface area contributed by atoms with Crippen molar-refractivity contribution in [3.8, 4) is 0 Å². The molecule has 3 rings (SSSR count). The Hall–Kier alpha value is -3.42. The number of rotatable bonds is 5. The summed E-state index contributed by atoms with van der Waals surface area (Å²) in [6.07, 6.45) is -3.02. The minimum atomic E-state index is -4.51. The van der Waals surface area contributed by atoms with Crippen LogP contribution < -0.4 is 10.6 Å². The summed E-state index contributed by atoms with van der Waals surface area (Å²) >= 11 is 0. The normalized spacial score (nSPS) is 12.3. The first-order valence-corrected chi connectivity index (χ1v) is 8.69. The second kappa shape index (κ2) is 8.30. The number of anilines is 2. The fourth-order valence-electron chi connectivity index (χ4n) is 2.72. The van der Waals surface area contributed by atoms with Gasteiger partial charge in [-0.3, -0.25) is 4.79 Å². The number of nitrogens with zero attached hydrogens (tertiary/aromatic N) is 1. The summed E-state index contributed by atoms with van der Waals surface area (Å²) < 4.78 is 51.7. The molecule has 0 saturated carbocycles. The van der Waals surface area contributed by atoms with Crippen LogP contribution in [0.1, 0.15) is 34.5 Å². The van der Waals surface area contributed by atoms with E-state index in [-0.39, 0.29) is 28.9 Å². The van der Waals surface area contributed by atoms with Gasteiger partial charge in [-0.2, -0.15) is 13.2 Å². The molecule has 0 spiro atoms. The zero-order valence-electron chi connectivity index (χ0n) is 15.3. The molecule has 0 aliphatic heterocycles. The van der Waals surface area contributed by atoms with Crippen LogP contribution in [0.2, 0.25) is 0 Å². The van der Waals surface area contributed by atoms with Gasteiger partial charge < -0.3 is 10.6 Å². The van der Waals surface area contributed by atoms with Gasteiger partial charge in [0.05, 0.1) is 11.1 Å². The van der Waals surface area contributed by atoms with Gasteiger partial charge in [0, 0.05) is 17.9 Å². The first kappa shape index (κ1) is 20.3. The van der Waals surface area contributed by atoms with Crippen LogP contribution in [-0.2, 0) is 6.18 Å². The Morgan fingerprint density at radius 2 is 1.76 bits per heavy atom. The SMILES string of the molecule is CC(Nc1ncccc1C(=O)Nc1cccc(C(F)(F)F)c1)c1ccc(F)cc1. The number of alkyl halides is 3. The molecule has 2 N–H and O–H groups in total. The van der Waals surface area contributed by atoms with Crippen molar-refractivity contribution in [1.29, 1.82) is 0 Å². The van der Waals surface area contributed by atoms with Crippen molar-refractivity contribution >= 4 is 17.4 Å². The lowest BCUT2D eigenvalue weighted by Crippen LogP contribution is -2.17. The number of aromatic nitrogens is 1. The zero-order valence-corrected chi connectivity index (χ0v) is 15.3. The molecule has 1 unspecified atom stereocenters. The number of nitrogens with one attached hydrogen (secondary N) is 2. The van der Waals surface area contributed by atoms with E-state index in [1.54, 1.807) is 18.2 Å². The molecule has 0 saturated heterocycles. The van der Waals surface area contributed by atoms with Crippen LogP contribution in [-0.4, -0.2) is 10.9 Å². The monoisotopic (exact) mass is 403 g/mol. The van der Waals surface area contributed by atoms with Crippen LogP contribution in [0.5, 0.6) is 0 Å². The Balaban J connectivity index is 1.79. The third-order valence-corrected chi connectivity index (χ3v) is 4.22. The fraction of sp³-hybridized carbons (Fsp3) is 0.143. The summed E-state index contributed by atoms with van der Waals surface area (Å²) in [6, 6.07) is 13.0. The van der Waals surface area contributed by atoms with Crippen molar-refractivity contribution < 1.29 is 22.4 Å². The predicted octanol–water partition coefficient (Wildman–Crippen LogP) is 5.66. The maximum Gasteiger partial charge on any atom is 0.416 e. The second-order valence-electron chi connectivity index (χ2n) is 6.35. The third kappa shape index (κ3) is 5.10. The summed E-state index contributed by atoms with van der Waals surface area (Å²) in [7, 11) is 0. The van der Waals surface area contributed by atoms with Crippen molar-refractivity contribution in [2.45, 2.75) is 19.1 Å². The molecule has 0 fully saturated rings. The first-order valence-electron chi connectivity index (χ1n) is 8.69. The number of carbonyl (C=O) groups excluding carboxylic acids is 1. The van der Waals surface area contributed by atoms with Gasteiger partial charge in [0.25, 0.3) is 5.91 Å². The molecule has 0 aliphatic carbocycles. The highest BCUT2D eigenvalue weighted by molar-refractivity contribution is 6.07. The molecule has 1 amide bonds. The lowest BCUT2D eigenvalue weighted by atomic mass is 10.1. The summed E-state index contributed by atoms with van der Waals surface area (Å²) in [5, 5.41) is 5.54. The molecule has 0 bridgehead atoms. The predicted molar refractivity (Wildman–Crippen MR) is 102 cm³/mol. The standard InChI is InChI=1S/C21H17F4N3O/c1-13(14-7-9-16(22)10-8-14)27-19-18(6-3-11-26-19)20(29)28-17-5-2-4-15(12-17)21(23,24)25/h2-13H,1H3,(H,26,27)(H,28,29). The Kier molecular flexibility index (Phi) is 5.81. The molecule has 8 heteroatoms. The van der Waals surface area contributed by atoms with Crippen molar-refractivity contribution in [3.63, 3.8) is 0 Å². The van der Waals surface area contributed by atoms with E-state index in [0.717, 1.165) is 17.7 Å². The van der Waals surface area contributed by atoms with E-state index in [4.69, 9.17) is 0 Å². The van der Waals surface area contributed by atoms with Crippen molar-refractivity contribution in [1.82, 2.24) is 4.98 Å². The average molecular weight is 403 g/mol. The lowest BCUT2D eigenvalue weighted by Gasteiger charge is -2.17. The highest BCUT2D eigenvalue weighted by Crippen LogP contribution is 2.31. The van der Waals surface area contributed by atoms with E-state index in [1.807, 2.05) is 6.92 Å². The quantitative estimate of drug-likeness (QED) is 0.540. The van der Waals surface area contributed by atoms with E-state index in [1.165, 1.54) is 36.5 Å². The highest BCUT2D eigenvalue weighted by Gasteiger charge is 2.30. The molecular formula is C21H17F4N3O. The highest BCUT2D eigenvalue weighted by atomic mass is 19.4. The van der Waals surface area contributed by atoms with Crippen molar-refractivity contribution in [2.75, 3.05) is 10.6 Å². The van der Waals surface area contributed by atoms with Crippen LogP contribution in [0.3, 0.4) is 0 Å². The minimum absolute atomic E-state index is 0.0196. The van der Waals surface area contributed by atoms with Gasteiger partial charge >= 0.3 is 6.18 Å². The summed E-state index contributed by atoms with van der Waals surface area (Å²) in [4.78, 5) is 16.8. The molecule has 0 radical (unpaired) electrons. The number of amides is 1. The second-order valence-corrected chi connectivity index (χ2v) is 6.35. The summed E-state index contributed by atoms with van der Waals surface area (Å²) in [6.45, 7) is 1.82. The number of carbonyl (C=O) groups is 1. The van der Waals surface area contributed by atoms with Gasteiger partial charge in [0.1, 0.15) is 11.6 Å². The van der Waals surface area contributed by atoms with E-state index in [0.29, 0.717) is 0 Å². The molecule has 2 aromatic carbocycles. The summed E-state index contributed by atoms with van der Waals surface area (Å²) in [5.41, 5.74) is 0.108. The van der Waals surface area contributed by atoms with Gasteiger partial charge in [-0.15, -0.1) is 0 Å². The molecule has 150 valence electrons. The Bertz CT molecular complexity index is 1000. The van der Waals surface area contributed by atoms with E-state index in [9.17, 15) is 22.4 Å². The topological polar surface area (TPSA) is 54.0 Å². The molecule has 4 nitrogen and oxygen atoms in total. The molecule has 1 atom stereocenters. The van der Waals surface area contributed by atoms with Crippen LogP contribution in [0.15, 0.2) is 66.9 Å². The van der Waals surface area contributed by atoms with Crippen LogP contribution in [0.25, 0.3) is 0 Å². The Morgan fingerprint density at radius 1 is 1.03 bits per heavy atom. The smallest absolute Gasteiger partial charge is 0.363 e. The van der Waals surface area contributed by atoms with Crippen molar-refractivity contribution in [3.05, 3.63) is 89.4 Å². The van der Waals surface area contributed by atoms with Gasteiger partial charge in [-0.05, 0) is 55.0 Å². The average Bonchev–Trinajstić information content (AvgIpc) is 2.68. The molecule has 3 aromatic rings. The number of benzene rings is 2.